The van der Waals surface area contributed by atoms with Gasteiger partial charge in [-0.15, -0.1) is 0 Å². The monoisotopic (exact) mass is 204 g/mol. The molecule has 2 aliphatic rings. The second kappa shape index (κ2) is 3.17. The van der Waals surface area contributed by atoms with Crippen molar-refractivity contribution in [2.75, 3.05) is 19.4 Å². The van der Waals surface area contributed by atoms with Crippen molar-refractivity contribution in [3.63, 3.8) is 0 Å². The summed E-state index contributed by atoms with van der Waals surface area (Å²) < 4.78 is 0. The van der Waals surface area contributed by atoms with Crippen LogP contribution in [0, 0.1) is 0 Å². The van der Waals surface area contributed by atoms with E-state index < -0.39 is 0 Å². The number of hydrogen-bond acceptors (Lipinski definition) is 4. The lowest BCUT2D eigenvalue weighted by Gasteiger charge is -2.08. The van der Waals surface area contributed by atoms with Gasteiger partial charge in [-0.1, -0.05) is 0 Å². The summed E-state index contributed by atoms with van der Waals surface area (Å²) in [4.78, 5) is 11.6. The molecule has 4 nitrogen and oxygen atoms in total. The molecule has 1 aliphatic carbocycles. The van der Waals surface area contributed by atoms with Crippen LogP contribution in [-0.4, -0.2) is 29.0 Å². The number of rotatable bonds is 2. The fraction of sp³-hybridized carbons (Fsp3) is 0.636. The van der Waals surface area contributed by atoms with E-state index in [-0.39, 0.29) is 0 Å². The summed E-state index contributed by atoms with van der Waals surface area (Å²) in [5.41, 5.74) is 2.50. The molecule has 0 bridgehead atoms. The SMILES string of the molecule is CNc1nc(C2CC2)nc2c1CN(C)C2. The van der Waals surface area contributed by atoms with Gasteiger partial charge >= 0.3 is 0 Å². The molecule has 0 aromatic carbocycles. The zero-order valence-electron chi connectivity index (χ0n) is 9.25. The molecule has 1 saturated carbocycles. The van der Waals surface area contributed by atoms with Crippen molar-refractivity contribution >= 4 is 5.82 Å². The zero-order valence-corrected chi connectivity index (χ0v) is 9.25. The van der Waals surface area contributed by atoms with Crippen LogP contribution < -0.4 is 5.32 Å². The maximum atomic E-state index is 4.68. The summed E-state index contributed by atoms with van der Waals surface area (Å²) in [5.74, 6) is 2.72. The highest BCUT2D eigenvalue weighted by molar-refractivity contribution is 5.48. The van der Waals surface area contributed by atoms with Crippen LogP contribution in [0.1, 0.15) is 35.8 Å². The Morgan fingerprint density at radius 1 is 1.27 bits per heavy atom. The predicted molar refractivity (Wildman–Crippen MR) is 58.7 cm³/mol. The third kappa shape index (κ3) is 1.49. The zero-order chi connectivity index (χ0) is 10.4. The van der Waals surface area contributed by atoms with E-state index in [1.807, 2.05) is 7.05 Å². The third-order valence-electron chi connectivity index (χ3n) is 3.14. The lowest BCUT2D eigenvalue weighted by molar-refractivity contribution is 0.351. The Hall–Kier alpha value is -1.16. The van der Waals surface area contributed by atoms with Crippen molar-refractivity contribution in [1.29, 1.82) is 0 Å². The molecule has 80 valence electrons. The maximum Gasteiger partial charge on any atom is 0.134 e. The van der Waals surface area contributed by atoms with Gasteiger partial charge in [0.05, 0.1) is 5.69 Å². The average molecular weight is 204 g/mol. The molecular weight excluding hydrogens is 188 g/mol. The van der Waals surface area contributed by atoms with Gasteiger partial charge in [-0.2, -0.15) is 0 Å². The minimum Gasteiger partial charge on any atom is -0.373 e. The third-order valence-corrected chi connectivity index (χ3v) is 3.14. The van der Waals surface area contributed by atoms with Crippen molar-refractivity contribution in [3.05, 3.63) is 17.1 Å². The van der Waals surface area contributed by atoms with Crippen molar-refractivity contribution in [3.8, 4) is 0 Å². The largest absolute Gasteiger partial charge is 0.373 e. The highest BCUT2D eigenvalue weighted by Gasteiger charge is 2.30. The molecule has 1 fully saturated rings. The standard InChI is InChI=1S/C11H16N4/c1-12-11-8-5-15(2)6-9(8)13-10(14-11)7-3-4-7/h7H,3-6H2,1-2H3,(H,12,13,14). The minimum absolute atomic E-state index is 0.633. The van der Waals surface area contributed by atoms with Gasteiger partial charge in [0, 0.05) is 31.6 Å². The predicted octanol–water partition coefficient (Wildman–Crippen LogP) is 1.34. The summed E-state index contributed by atoms with van der Waals surface area (Å²) in [6.07, 6.45) is 2.52. The quantitative estimate of drug-likeness (QED) is 0.789. The van der Waals surface area contributed by atoms with E-state index in [9.17, 15) is 0 Å². The molecule has 1 aromatic rings. The average Bonchev–Trinajstić information content (AvgIpc) is 2.99. The van der Waals surface area contributed by atoms with E-state index in [1.165, 1.54) is 24.1 Å². The van der Waals surface area contributed by atoms with Gasteiger partial charge in [0.1, 0.15) is 11.6 Å². The molecule has 0 amide bonds. The second-order valence-electron chi connectivity index (χ2n) is 4.55. The highest BCUT2D eigenvalue weighted by Crippen LogP contribution is 2.39. The molecule has 1 N–H and O–H groups in total. The maximum absolute atomic E-state index is 4.68. The first-order chi connectivity index (χ1) is 7.28. The van der Waals surface area contributed by atoms with Crippen LogP contribution in [-0.2, 0) is 13.1 Å². The first-order valence-corrected chi connectivity index (χ1v) is 5.54. The minimum atomic E-state index is 0.633. The van der Waals surface area contributed by atoms with E-state index in [0.717, 1.165) is 24.7 Å². The van der Waals surface area contributed by atoms with Crippen LogP contribution >= 0.6 is 0 Å². The van der Waals surface area contributed by atoms with E-state index in [2.05, 4.69) is 27.2 Å². The van der Waals surface area contributed by atoms with Gasteiger partial charge < -0.3 is 5.32 Å². The molecule has 1 aromatic heterocycles. The summed E-state index contributed by atoms with van der Waals surface area (Å²) >= 11 is 0. The van der Waals surface area contributed by atoms with Gasteiger partial charge in [0.15, 0.2) is 0 Å². The molecule has 15 heavy (non-hydrogen) atoms. The Bertz CT molecular complexity index is 398. The van der Waals surface area contributed by atoms with Gasteiger partial charge in [0.2, 0.25) is 0 Å². The van der Waals surface area contributed by atoms with Gasteiger partial charge in [-0.3, -0.25) is 4.90 Å². The fourth-order valence-electron chi connectivity index (χ4n) is 2.16. The van der Waals surface area contributed by atoms with Gasteiger partial charge in [-0.05, 0) is 19.9 Å². The summed E-state index contributed by atoms with van der Waals surface area (Å²) in [7, 11) is 4.07. The number of fused-ring (bicyclic) bond motifs is 1. The van der Waals surface area contributed by atoms with Crippen LogP contribution in [0.5, 0.6) is 0 Å². The molecule has 2 heterocycles. The Labute approximate surface area is 89.7 Å². The number of nitrogens with zero attached hydrogens (tertiary/aromatic N) is 3. The molecule has 3 rings (SSSR count). The second-order valence-corrected chi connectivity index (χ2v) is 4.55. The van der Waals surface area contributed by atoms with Gasteiger partial charge in [-0.25, -0.2) is 9.97 Å². The lowest BCUT2D eigenvalue weighted by atomic mass is 10.2. The summed E-state index contributed by atoms with van der Waals surface area (Å²) in [6.45, 7) is 1.93. The van der Waals surface area contributed by atoms with E-state index in [4.69, 9.17) is 0 Å². The fourth-order valence-corrected chi connectivity index (χ4v) is 2.16. The number of hydrogen-bond donors (Lipinski definition) is 1. The van der Waals surface area contributed by atoms with Crippen LogP contribution in [0.2, 0.25) is 0 Å². The first-order valence-electron chi connectivity index (χ1n) is 5.54. The van der Waals surface area contributed by atoms with Crippen molar-refractivity contribution in [2.24, 2.45) is 0 Å². The topological polar surface area (TPSA) is 41.1 Å². The molecule has 0 spiro atoms. The van der Waals surface area contributed by atoms with Crippen molar-refractivity contribution in [1.82, 2.24) is 14.9 Å². The van der Waals surface area contributed by atoms with Gasteiger partial charge in [0.25, 0.3) is 0 Å². The van der Waals surface area contributed by atoms with E-state index in [0.29, 0.717) is 5.92 Å². The Morgan fingerprint density at radius 2 is 2.07 bits per heavy atom. The van der Waals surface area contributed by atoms with Crippen LogP contribution in [0.3, 0.4) is 0 Å². The Kier molecular flexibility index (Phi) is 1.92. The summed E-state index contributed by atoms with van der Waals surface area (Å²) in [6, 6.07) is 0. The number of anilines is 1. The normalized spacial score (nSPS) is 20.4. The summed E-state index contributed by atoms with van der Waals surface area (Å²) in [5, 5.41) is 3.19. The Morgan fingerprint density at radius 3 is 2.73 bits per heavy atom. The molecule has 0 unspecified atom stereocenters. The van der Waals surface area contributed by atoms with Crippen molar-refractivity contribution in [2.45, 2.75) is 31.8 Å². The molecular formula is C11H16N4. The van der Waals surface area contributed by atoms with E-state index in [1.54, 1.807) is 0 Å². The molecule has 0 saturated heterocycles. The molecule has 4 heteroatoms. The van der Waals surface area contributed by atoms with Crippen LogP contribution in [0.15, 0.2) is 0 Å². The van der Waals surface area contributed by atoms with Crippen LogP contribution in [0.4, 0.5) is 5.82 Å². The number of aromatic nitrogens is 2. The molecule has 1 aliphatic heterocycles. The van der Waals surface area contributed by atoms with Crippen LogP contribution in [0.25, 0.3) is 0 Å². The highest BCUT2D eigenvalue weighted by atomic mass is 15.2. The molecule has 0 radical (unpaired) electrons. The van der Waals surface area contributed by atoms with E-state index >= 15 is 0 Å². The van der Waals surface area contributed by atoms with Crippen molar-refractivity contribution < 1.29 is 0 Å². The Balaban J connectivity index is 2.06. The molecule has 0 atom stereocenters. The smallest absolute Gasteiger partial charge is 0.134 e. The first kappa shape index (κ1) is 9.09. The number of nitrogens with one attached hydrogen (secondary N) is 1. The lowest BCUT2D eigenvalue weighted by Crippen LogP contribution is -2.08.